The maximum atomic E-state index is 9.20. The highest BCUT2D eigenvalue weighted by Crippen LogP contribution is 2.05. The fourth-order valence-electron chi connectivity index (χ4n) is 0.273. The minimum absolute atomic E-state index is 0.192. The molecule has 0 aliphatic rings. The Kier molecular flexibility index (Phi) is 2.47. The Hall–Kier alpha value is -0.750. The summed E-state index contributed by atoms with van der Waals surface area (Å²) in [7, 11) is 0. The second-order valence-electron chi connectivity index (χ2n) is 2.63. The van der Waals surface area contributed by atoms with Crippen molar-refractivity contribution in [1.29, 1.82) is 5.26 Å². The zero-order chi connectivity index (χ0) is 7.49. The summed E-state index contributed by atoms with van der Waals surface area (Å²) >= 11 is 0. The van der Waals surface area contributed by atoms with Gasteiger partial charge in [0, 0.05) is 0 Å². The average Bonchev–Trinajstić information content (AvgIpc) is 1.64. The minimum atomic E-state index is -0.824. The summed E-state index contributed by atoms with van der Waals surface area (Å²) in [6.45, 7) is 5.06. The van der Waals surface area contributed by atoms with E-state index in [0.717, 1.165) is 0 Å². The molecular formula is C6H12N2O. The van der Waals surface area contributed by atoms with Crippen molar-refractivity contribution >= 4 is 0 Å². The summed E-state index contributed by atoms with van der Waals surface area (Å²) < 4.78 is 0. The van der Waals surface area contributed by atoms with Gasteiger partial charge in [0.1, 0.15) is 0 Å². The van der Waals surface area contributed by atoms with E-state index in [4.69, 9.17) is 5.26 Å². The van der Waals surface area contributed by atoms with Crippen molar-refractivity contribution in [3.8, 4) is 6.19 Å². The van der Waals surface area contributed by atoms with Crippen LogP contribution in [0, 0.1) is 11.5 Å². The Morgan fingerprint density at radius 3 is 2.22 bits per heavy atom. The molecule has 0 heterocycles. The third-order valence-electron chi connectivity index (χ3n) is 1.34. The van der Waals surface area contributed by atoms with Crippen LogP contribution in [0.2, 0.25) is 0 Å². The first-order valence-corrected chi connectivity index (χ1v) is 2.85. The van der Waals surface area contributed by atoms with E-state index < -0.39 is 5.60 Å². The lowest BCUT2D eigenvalue weighted by atomic mass is 10.0. The van der Waals surface area contributed by atoms with Gasteiger partial charge in [0.15, 0.2) is 6.19 Å². The second-order valence-corrected chi connectivity index (χ2v) is 2.63. The number of rotatable bonds is 2. The van der Waals surface area contributed by atoms with E-state index in [1.165, 1.54) is 0 Å². The summed E-state index contributed by atoms with van der Waals surface area (Å²) in [5.41, 5.74) is -0.824. The summed E-state index contributed by atoms with van der Waals surface area (Å²) in [5.74, 6) is 0. The van der Waals surface area contributed by atoms with Gasteiger partial charge < -0.3 is 10.4 Å². The van der Waals surface area contributed by atoms with Gasteiger partial charge in [-0.05, 0) is 20.8 Å². The summed E-state index contributed by atoms with van der Waals surface area (Å²) in [6.07, 6.45) is 1.76. The highest BCUT2D eigenvalue weighted by molar-refractivity contribution is 4.84. The van der Waals surface area contributed by atoms with E-state index in [-0.39, 0.29) is 6.04 Å². The molecule has 0 rings (SSSR count). The molecule has 0 aliphatic heterocycles. The van der Waals surface area contributed by atoms with Gasteiger partial charge in [-0.15, -0.1) is 0 Å². The molecule has 0 saturated heterocycles. The molecule has 0 fully saturated rings. The SMILES string of the molecule is CC(NC#N)C(C)(C)O. The highest BCUT2D eigenvalue weighted by Gasteiger charge is 2.20. The third-order valence-corrected chi connectivity index (χ3v) is 1.34. The predicted octanol–water partition coefficient (Wildman–Crippen LogP) is 0.216. The summed E-state index contributed by atoms with van der Waals surface area (Å²) in [4.78, 5) is 0. The fourth-order valence-corrected chi connectivity index (χ4v) is 0.273. The molecule has 1 unspecified atom stereocenters. The predicted molar refractivity (Wildman–Crippen MR) is 34.5 cm³/mol. The molecule has 0 amide bonds. The molecule has 0 aromatic rings. The lowest BCUT2D eigenvalue weighted by molar-refractivity contribution is 0.0500. The first kappa shape index (κ1) is 8.25. The van der Waals surface area contributed by atoms with E-state index in [2.05, 4.69) is 5.32 Å². The molecule has 0 radical (unpaired) electrons. The van der Waals surface area contributed by atoms with Crippen LogP contribution in [0.1, 0.15) is 20.8 Å². The molecule has 9 heavy (non-hydrogen) atoms. The van der Waals surface area contributed by atoms with Crippen molar-refractivity contribution in [3.63, 3.8) is 0 Å². The molecule has 0 aromatic heterocycles. The van der Waals surface area contributed by atoms with E-state index in [0.29, 0.717) is 0 Å². The molecule has 3 heteroatoms. The number of aliphatic hydroxyl groups is 1. The number of nitrogens with zero attached hydrogens (tertiary/aromatic N) is 1. The summed E-state index contributed by atoms with van der Waals surface area (Å²) in [6, 6.07) is -0.192. The lowest BCUT2D eigenvalue weighted by Crippen LogP contribution is -2.42. The van der Waals surface area contributed by atoms with Crippen LogP contribution in [0.15, 0.2) is 0 Å². The maximum absolute atomic E-state index is 9.20. The normalized spacial score (nSPS) is 14.1. The molecule has 0 saturated carbocycles. The van der Waals surface area contributed by atoms with Gasteiger partial charge in [-0.25, -0.2) is 0 Å². The first-order valence-electron chi connectivity index (χ1n) is 2.85. The van der Waals surface area contributed by atoms with Gasteiger partial charge in [0.2, 0.25) is 0 Å². The highest BCUT2D eigenvalue weighted by atomic mass is 16.3. The quantitative estimate of drug-likeness (QED) is 0.413. The molecular weight excluding hydrogens is 116 g/mol. The first-order chi connectivity index (χ1) is 3.98. The molecule has 0 spiro atoms. The number of nitriles is 1. The standard InChI is InChI=1S/C6H12N2O/c1-5(8-4-7)6(2,3)9/h5,8-9H,1-3H3. The fraction of sp³-hybridized carbons (Fsp3) is 0.833. The van der Waals surface area contributed by atoms with Crippen LogP contribution in [0.4, 0.5) is 0 Å². The van der Waals surface area contributed by atoms with E-state index in [9.17, 15) is 5.11 Å². The van der Waals surface area contributed by atoms with Gasteiger partial charge in [0.25, 0.3) is 0 Å². The van der Waals surface area contributed by atoms with Crippen molar-refractivity contribution < 1.29 is 5.11 Å². The van der Waals surface area contributed by atoms with Gasteiger partial charge in [-0.3, -0.25) is 0 Å². The lowest BCUT2D eigenvalue weighted by Gasteiger charge is -2.23. The topological polar surface area (TPSA) is 56.0 Å². The van der Waals surface area contributed by atoms with Gasteiger partial charge in [-0.2, -0.15) is 5.26 Å². The van der Waals surface area contributed by atoms with Crippen molar-refractivity contribution in [3.05, 3.63) is 0 Å². The molecule has 3 nitrogen and oxygen atoms in total. The van der Waals surface area contributed by atoms with Crippen molar-refractivity contribution in [1.82, 2.24) is 5.32 Å². The Balaban J connectivity index is 3.76. The number of hydrogen-bond donors (Lipinski definition) is 2. The Bertz CT molecular complexity index is 120. The average molecular weight is 128 g/mol. The zero-order valence-electron chi connectivity index (χ0n) is 5.97. The van der Waals surface area contributed by atoms with Crippen LogP contribution in [0.3, 0.4) is 0 Å². The van der Waals surface area contributed by atoms with Crippen molar-refractivity contribution in [2.75, 3.05) is 0 Å². The van der Waals surface area contributed by atoms with Crippen LogP contribution < -0.4 is 5.32 Å². The Morgan fingerprint density at radius 1 is 1.67 bits per heavy atom. The molecule has 2 N–H and O–H groups in total. The van der Waals surface area contributed by atoms with Crippen LogP contribution in [0.25, 0.3) is 0 Å². The van der Waals surface area contributed by atoms with Gasteiger partial charge >= 0.3 is 0 Å². The Labute approximate surface area is 55.3 Å². The second kappa shape index (κ2) is 2.70. The molecule has 0 aromatic carbocycles. The van der Waals surface area contributed by atoms with E-state index >= 15 is 0 Å². The number of nitrogens with one attached hydrogen (secondary N) is 1. The van der Waals surface area contributed by atoms with Crippen LogP contribution >= 0.6 is 0 Å². The summed E-state index contributed by atoms with van der Waals surface area (Å²) in [5, 5.41) is 19.8. The molecule has 1 atom stereocenters. The van der Waals surface area contributed by atoms with Gasteiger partial charge in [0.05, 0.1) is 11.6 Å². The monoisotopic (exact) mass is 128 g/mol. The Morgan fingerprint density at radius 2 is 2.11 bits per heavy atom. The molecule has 52 valence electrons. The molecule has 0 bridgehead atoms. The number of hydrogen-bond acceptors (Lipinski definition) is 3. The van der Waals surface area contributed by atoms with Crippen molar-refractivity contribution in [2.24, 2.45) is 0 Å². The van der Waals surface area contributed by atoms with Crippen LogP contribution in [-0.2, 0) is 0 Å². The van der Waals surface area contributed by atoms with E-state index in [1.807, 2.05) is 0 Å². The molecule has 0 aliphatic carbocycles. The minimum Gasteiger partial charge on any atom is -0.388 e. The van der Waals surface area contributed by atoms with Crippen molar-refractivity contribution in [2.45, 2.75) is 32.4 Å². The van der Waals surface area contributed by atoms with Crippen LogP contribution in [0.5, 0.6) is 0 Å². The third kappa shape index (κ3) is 2.94. The van der Waals surface area contributed by atoms with Gasteiger partial charge in [-0.1, -0.05) is 0 Å². The maximum Gasteiger partial charge on any atom is 0.176 e. The van der Waals surface area contributed by atoms with E-state index in [1.54, 1.807) is 27.0 Å². The largest absolute Gasteiger partial charge is 0.388 e. The van der Waals surface area contributed by atoms with Crippen LogP contribution in [-0.4, -0.2) is 16.7 Å². The zero-order valence-corrected chi connectivity index (χ0v) is 5.97. The smallest absolute Gasteiger partial charge is 0.176 e.